The maximum Gasteiger partial charge on any atom is 0.323 e. The molecule has 3 amide bonds. The van der Waals surface area contributed by atoms with Crippen molar-refractivity contribution in [2.75, 3.05) is 87.1 Å². The number of carbonyl (C=O) groups is 2. The van der Waals surface area contributed by atoms with Gasteiger partial charge in [-0.2, -0.15) is 15.0 Å². The Morgan fingerprint density at radius 1 is 0.783 bits per heavy atom. The fourth-order valence-corrected chi connectivity index (χ4v) is 6.01. The molecule has 0 saturated carbocycles. The average Bonchev–Trinajstić information content (AvgIpc) is 3.56. The molecule has 3 saturated heterocycles. The lowest BCUT2D eigenvalue weighted by molar-refractivity contribution is 0.0783. The third-order valence-corrected chi connectivity index (χ3v) is 8.83. The number of likely N-dealkylation sites (N-methyl/N-ethyl adjacent to an activating group) is 1. The van der Waals surface area contributed by atoms with Crippen LogP contribution in [0.4, 0.5) is 28.1 Å². The zero-order valence-corrected chi connectivity index (χ0v) is 27.0. The number of carbonyl (C=O) groups excluding carboxylic acids is 2. The van der Waals surface area contributed by atoms with Crippen molar-refractivity contribution >= 4 is 35.2 Å². The number of aromatic nitrogens is 3. The number of hydrogen-bond acceptors (Lipinski definition) is 10. The maximum atomic E-state index is 12.9. The van der Waals surface area contributed by atoms with Crippen molar-refractivity contribution in [3.8, 4) is 11.4 Å². The standard InChI is InChI=1S/C33H43N9O4/c1-22-20-45-17-15-41(22)31-36-29(37-32(38-31)42-16-18-46-21-23(42)2)24-5-9-26(10-6-24)34-33(44)35-27-11-7-25(8-12-27)30(43)40-14-13-28(19-40)39(3)4/h5-12,22-23,28H,13-21H2,1-4H3,(H2,34,35,44)/t22-,23-,28+/m0/s1. The molecule has 244 valence electrons. The predicted molar refractivity (Wildman–Crippen MR) is 178 cm³/mol. The van der Waals surface area contributed by atoms with Gasteiger partial charge in [0.15, 0.2) is 5.82 Å². The molecule has 13 nitrogen and oxygen atoms in total. The summed E-state index contributed by atoms with van der Waals surface area (Å²) in [6.45, 7) is 9.56. The molecule has 6 rings (SSSR count). The van der Waals surface area contributed by atoms with E-state index in [0.717, 1.165) is 25.1 Å². The van der Waals surface area contributed by atoms with Crippen LogP contribution in [0, 0.1) is 0 Å². The van der Waals surface area contributed by atoms with Crippen molar-refractivity contribution in [1.82, 2.24) is 24.8 Å². The van der Waals surface area contributed by atoms with Crippen LogP contribution in [0.3, 0.4) is 0 Å². The van der Waals surface area contributed by atoms with Crippen molar-refractivity contribution < 1.29 is 19.1 Å². The summed E-state index contributed by atoms with van der Waals surface area (Å²) in [5.74, 6) is 1.83. The molecule has 0 radical (unpaired) electrons. The van der Waals surface area contributed by atoms with E-state index < -0.39 is 0 Å². The quantitative estimate of drug-likeness (QED) is 0.401. The van der Waals surface area contributed by atoms with Gasteiger partial charge in [0, 0.05) is 54.7 Å². The largest absolute Gasteiger partial charge is 0.377 e. The van der Waals surface area contributed by atoms with Crippen LogP contribution in [0.5, 0.6) is 0 Å². The Morgan fingerprint density at radius 3 is 1.83 bits per heavy atom. The van der Waals surface area contributed by atoms with Gasteiger partial charge in [0.2, 0.25) is 11.9 Å². The third-order valence-electron chi connectivity index (χ3n) is 8.83. The molecule has 0 spiro atoms. The minimum absolute atomic E-state index is 0.0109. The first-order valence-electron chi connectivity index (χ1n) is 15.9. The number of anilines is 4. The monoisotopic (exact) mass is 629 g/mol. The fourth-order valence-electron chi connectivity index (χ4n) is 6.01. The molecule has 2 N–H and O–H groups in total. The van der Waals surface area contributed by atoms with Crippen LogP contribution in [-0.2, 0) is 9.47 Å². The summed E-state index contributed by atoms with van der Waals surface area (Å²) in [6, 6.07) is 14.7. The lowest BCUT2D eigenvalue weighted by Crippen LogP contribution is -2.46. The molecule has 46 heavy (non-hydrogen) atoms. The summed E-state index contributed by atoms with van der Waals surface area (Å²) >= 11 is 0. The van der Waals surface area contributed by atoms with E-state index in [1.165, 1.54) is 0 Å². The molecule has 3 aromatic rings. The van der Waals surface area contributed by atoms with Gasteiger partial charge in [0.05, 0.1) is 38.5 Å². The molecule has 3 fully saturated rings. The number of likely N-dealkylation sites (tertiary alicyclic amines) is 1. The molecule has 0 bridgehead atoms. The van der Waals surface area contributed by atoms with Gasteiger partial charge in [0.25, 0.3) is 5.91 Å². The minimum Gasteiger partial charge on any atom is -0.377 e. The first kappa shape index (κ1) is 31.6. The molecule has 3 aliphatic rings. The van der Waals surface area contributed by atoms with E-state index in [1.807, 2.05) is 43.3 Å². The van der Waals surface area contributed by atoms with E-state index in [4.69, 9.17) is 24.4 Å². The molecular formula is C33H43N9O4. The van der Waals surface area contributed by atoms with Crippen molar-refractivity contribution in [1.29, 1.82) is 0 Å². The van der Waals surface area contributed by atoms with Gasteiger partial charge in [-0.05, 0) is 82.9 Å². The highest BCUT2D eigenvalue weighted by atomic mass is 16.5. The van der Waals surface area contributed by atoms with Crippen LogP contribution >= 0.6 is 0 Å². The second-order valence-electron chi connectivity index (χ2n) is 12.4. The Bertz CT molecular complexity index is 1480. The lowest BCUT2D eigenvalue weighted by Gasteiger charge is -2.36. The number of hydrogen-bond donors (Lipinski definition) is 2. The number of ether oxygens (including phenoxy) is 2. The molecule has 0 aliphatic carbocycles. The van der Waals surface area contributed by atoms with Crippen molar-refractivity contribution in [3.63, 3.8) is 0 Å². The van der Waals surface area contributed by atoms with Gasteiger partial charge >= 0.3 is 6.03 Å². The van der Waals surface area contributed by atoms with Crippen molar-refractivity contribution in [2.24, 2.45) is 0 Å². The summed E-state index contributed by atoms with van der Waals surface area (Å²) in [5.41, 5.74) is 2.64. The zero-order chi connectivity index (χ0) is 32.2. The first-order chi connectivity index (χ1) is 22.2. The fraction of sp³-hybridized carbons (Fsp3) is 0.485. The van der Waals surface area contributed by atoms with Crippen LogP contribution in [0.15, 0.2) is 48.5 Å². The highest BCUT2D eigenvalue weighted by Crippen LogP contribution is 2.26. The Morgan fingerprint density at radius 2 is 1.33 bits per heavy atom. The lowest BCUT2D eigenvalue weighted by atomic mass is 10.2. The van der Waals surface area contributed by atoms with Crippen LogP contribution in [0.25, 0.3) is 11.4 Å². The summed E-state index contributed by atoms with van der Waals surface area (Å²) in [7, 11) is 4.08. The Balaban J connectivity index is 1.12. The summed E-state index contributed by atoms with van der Waals surface area (Å²) < 4.78 is 11.3. The number of benzene rings is 2. The van der Waals surface area contributed by atoms with Gasteiger partial charge in [-0.25, -0.2) is 4.79 Å². The second-order valence-corrected chi connectivity index (χ2v) is 12.4. The minimum atomic E-state index is -0.382. The van der Waals surface area contributed by atoms with E-state index in [2.05, 4.69) is 39.2 Å². The van der Waals surface area contributed by atoms with E-state index >= 15 is 0 Å². The second kappa shape index (κ2) is 14.0. The average molecular weight is 630 g/mol. The Kier molecular flexibility index (Phi) is 9.61. The van der Waals surface area contributed by atoms with E-state index in [-0.39, 0.29) is 24.0 Å². The zero-order valence-electron chi connectivity index (χ0n) is 27.0. The molecule has 3 aliphatic heterocycles. The summed E-state index contributed by atoms with van der Waals surface area (Å²) in [6.07, 6.45) is 0.971. The molecule has 13 heteroatoms. The molecule has 1 aromatic heterocycles. The van der Waals surface area contributed by atoms with Crippen LogP contribution in [-0.4, -0.2) is 122 Å². The van der Waals surface area contributed by atoms with E-state index in [9.17, 15) is 9.59 Å². The maximum absolute atomic E-state index is 12.9. The Labute approximate surface area is 269 Å². The number of nitrogens with one attached hydrogen (secondary N) is 2. The van der Waals surface area contributed by atoms with Gasteiger partial charge in [-0.15, -0.1) is 0 Å². The highest BCUT2D eigenvalue weighted by molar-refractivity contribution is 6.00. The summed E-state index contributed by atoms with van der Waals surface area (Å²) in [5, 5.41) is 5.72. The van der Waals surface area contributed by atoms with Crippen LogP contribution in [0.2, 0.25) is 0 Å². The highest BCUT2D eigenvalue weighted by Gasteiger charge is 2.29. The van der Waals surface area contributed by atoms with E-state index in [0.29, 0.717) is 80.2 Å². The molecule has 0 unspecified atom stereocenters. The molecular weight excluding hydrogens is 586 g/mol. The van der Waals surface area contributed by atoms with Gasteiger partial charge in [-0.3, -0.25) is 4.79 Å². The smallest absolute Gasteiger partial charge is 0.323 e. The number of amides is 3. The van der Waals surface area contributed by atoms with Crippen molar-refractivity contribution in [2.45, 2.75) is 38.4 Å². The van der Waals surface area contributed by atoms with Gasteiger partial charge < -0.3 is 39.7 Å². The summed E-state index contributed by atoms with van der Waals surface area (Å²) in [4.78, 5) is 48.7. The van der Waals surface area contributed by atoms with Crippen molar-refractivity contribution in [3.05, 3.63) is 54.1 Å². The Hall–Kier alpha value is -4.33. The number of nitrogens with zero attached hydrogens (tertiary/aromatic N) is 7. The number of morpholine rings is 2. The first-order valence-corrected chi connectivity index (χ1v) is 15.9. The molecule has 3 atom stereocenters. The third kappa shape index (κ3) is 7.22. The van der Waals surface area contributed by atoms with E-state index in [1.54, 1.807) is 24.3 Å². The number of rotatable bonds is 7. The van der Waals surface area contributed by atoms with Crippen LogP contribution in [0.1, 0.15) is 30.6 Å². The SMILES string of the molecule is C[C@H]1COCCN1c1nc(-c2ccc(NC(=O)Nc3ccc(C(=O)N4CC[C@@H](N(C)C)C4)cc3)cc2)nc(N2CCOC[C@@H]2C)n1. The topological polar surface area (TPSA) is 128 Å². The van der Waals surface area contributed by atoms with Crippen LogP contribution < -0.4 is 20.4 Å². The molecule has 2 aromatic carbocycles. The normalized spacial score (nSPS) is 21.8. The van der Waals surface area contributed by atoms with Gasteiger partial charge in [0.1, 0.15) is 0 Å². The number of urea groups is 1. The molecule has 4 heterocycles. The van der Waals surface area contributed by atoms with Gasteiger partial charge in [-0.1, -0.05) is 0 Å². The predicted octanol–water partition coefficient (Wildman–Crippen LogP) is 3.41.